The monoisotopic (exact) mass is 213 g/mol. The van der Waals surface area contributed by atoms with Crippen LogP contribution in [0, 0.1) is 5.41 Å². The number of likely N-dealkylation sites (N-methyl/N-ethyl adjacent to an activating group) is 1. The van der Waals surface area contributed by atoms with Gasteiger partial charge in [0.25, 0.3) is 0 Å². The van der Waals surface area contributed by atoms with E-state index in [1.54, 1.807) is 0 Å². The molecular weight excluding hydrogens is 190 g/mol. The highest BCUT2D eigenvalue weighted by atomic mass is 16.2. The summed E-state index contributed by atoms with van der Waals surface area (Å²) in [5, 5.41) is 0. The first kappa shape index (κ1) is 12.3. The van der Waals surface area contributed by atoms with E-state index in [9.17, 15) is 4.79 Å². The van der Waals surface area contributed by atoms with Crippen molar-refractivity contribution in [3.8, 4) is 0 Å². The smallest absolute Gasteiger partial charge is 0.320 e. The zero-order valence-corrected chi connectivity index (χ0v) is 10.3. The van der Waals surface area contributed by atoms with Gasteiger partial charge < -0.3 is 15.5 Å². The Bertz CT molecular complexity index is 234. The fourth-order valence-electron chi connectivity index (χ4n) is 2.09. The van der Waals surface area contributed by atoms with Gasteiger partial charge in [0.2, 0.25) is 0 Å². The standard InChI is InChI=1S/C11H23N3O/c1-11(2,3)9-8-14(7-5-6-12)10(15)13(9)4/h9H,5-8,12H2,1-4H3. The molecule has 4 nitrogen and oxygen atoms in total. The van der Waals surface area contributed by atoms with Gasteiger partial charge in [-0.2, -0.15) is 0 Å². The number of carbonyl (C=O) groups is 1. The molecule has 0 aliphatic carbocycles. The van der Waals surface area contributed by atoms with Crippen molar-refractivity contribution < 1.29 is 4.79 Å². The Morgan fingerprint density at radius 1 is 1.47 bits per heavy atom. The predicted molar refractivity (Wildman–Crippen MR) is 61.6 cm³/mol. The number of hydrogen-bond acceptors (Lipinski definition) is 2. The highest BCUT2D eigenvalue weighted by Gasteiger charge is 2.40. The van der Waals surface area contributed by atoms with Gasteiger partial charge in [0.15, 0.2) is 0 Å². The molecule has 0 aromatic rings. The Balaban J connectivity index is 2.64. The first-order valence-corrected chi connectivity index (χ1v) is 5.59. The Labute approximate surface area is 92.4 Å². The first-order chi connectivity index (χ1) is 6.88. The summed E-state index contributed by atoms with van der Waals surface area (Å²) in [5.74, 6) is 0. The molecule has 1 aliphatic heterocycles. The molecule has 88 valence electrons. The molecule has 1 rings (SSSR count). The van der Waals surface area contributed by atoms with Gasteiger partial charge in [-0.05, 0) is 18.4 Å². The van der Waals surface area contributed by atoms with Gasteiger partial charge in [-0.15, -0.1) is 0 Å². The number of urea groups is 1. The Morgan fingerprint density at radius 3 is 2.47 bits per heavy atom. The molecule has 0 aromatic carbocycles. The maximum absolute atomic E-state index is 11.9. The van der Waals surface area contributed by atoms with Crippen molar-refractivity contribution >= 4 is 6.03 Å². The second-order valence-corrected chi connectivity index (χ2v) is 5.36. The Morgan fingerprint density at radius 2 is 2.07 bits per heavy atom. The lowest BCUT2D eigenvalue weighted by atomic mass is 9.86. The van der Waals surface area contributed by atoms with Crippen LogP contribution >= 0.6 is 0 Å². The molecule has 0 bridgehead atoms. The number of nitrogens with two attached hydrogens (primary N) is 1. The Hall–Kier alpha value is -0.770. The van der Waals surface area contributed by atoms with E-state index >= 15 is 0 Å². The molecule has 0 saturated carbocycles. The van der Waals surface area contributed by atoms with Crippen molar-refractivity contribution in [3.63, 3.8) is 0 Å². The van der Waals surface area contributed by atoms with Gasteiger partial charge in [0, 0.05) is 20.1 Å². The fourth-order valence-corrected chi connectivity index (χ4v) is 2.09. The summed E-state index contributed by atoms with van der Waals surface area (Å²) in [4.78, 5) is 15.6. The number of rotatable bonds is 3. The van der Waals surface area contributed by atoms with Crippen molar-refractivity contribution in [2.75, 3.05) is 26.7 Å². The van der Waals surface area contributed by atoms with E-state index < -0.39 is 0 Å². The first-order valence-electron chi connectivity index (χ1n) is 5.59. The summed E-state index contributed by atoms with van der Waals surface area (Å²) in [6, 6.07) is 0.450. The topological polar surface area (TPSA) is 49.6 Å². The van der Waals surface area contributed by atoms with E-state index in [0.717, 1.165) is 19.5 Å². The fraction of sp³-hybridized carbons (Fsp3) is 0.909. The third kappa shape index (κ3) is 2.62. The summed E-state index contributed by atoms with van der Waals surface area (Å²) in [6.45, 7) is 8.79. The molecule has 1 unspecified atom stereocenters. The third-order valence-corrected chi connectivity index (χ3v) is 3.06. The van der Waals surface area contributed by atoms with Gasteiger partial charge >= 0.3 is 6.03 Å². The lowest BCUT2D eigenvalue weighted by Gasteiger charge is -2.30. The van der Waals surface area contributed by atoms with E-state index in [1.807, 2.05) is 16.8 Å². The zero-order valence-electron chi connectivity index (χ0n) is 10.3. The van der Waals surface area contributed by atoms with Crippen LogP contribution in [0.3, 0.4) is 0 Å². The molecule has 0 aromatic heterocycles. The largest absolute Gasteiger partial charge is 0.330 e. The van der Waals surface area contributed by atoms with E-state index in [1.165, 1.54) is 0 Å². The highest BCUT2D eigenvalue weighted by Crippen LogP contribution is 2.29. The molecular formula is C11H23N3O. The molecule has 1 saturated heterocycles. The average Bonchev–Trinajstić information content (AvgIpc) is 2.41. The van der Waals surface area contributed by atoms with Gasteiger partial charge in [0.05, 0.1) is 6.04 Å². The van der Waals surface area contributed by atoms with Crippen LogP contribution in [0.1, 0.15) is 27.2 Å². The minimum atomic E-state index is 0.141. The SMILES string of the molecule is CN1C(=O)N(CCCN)CC1C(C)(C)C. The second kappa shape index (κ2) is 4.39. The maximum atomic E-state index is 11.9. The van der Waals surface area contributed by atoms with Crippen LogP contribution in [0.5, 0.6) is 0 Å². The van der Waals surface area contributed by atoms with Gasteiger partial charge in [0.1, 0.15) is 0 Å². The van der Waals surface area contributed by atoms with Gasteiger partial charge in [-0.3, -0.25) is 0 Å². The van der Waals surface area contributed by atoms with E-state index in [-0.39, 0.29) is 11.4 Å². The molecule has 1 atom stereocenters. The van der Waals surface area contributed by atoms with Crippen LogP contribution in [0.2, 0.25) is 0 Å². The lowest BCUT2D eigenvalue weighted by Crippen LogP contribution is -2.39. The van der Waals surface area contributed by atoms with Crippen LogP contribution in [0.25, 0.3) is 0 Å². The van der Waals surface area contributed by atoms with Crippen molar-refractivity contribution in [2.45, 2.75) is 33.2 Å². The summed E-state index contributed by atoms with van der Waals surface area (Å²) < 4.78 is 0. The number of amides is 2. The number of hydrogen-bond donors (Lipinski definition) is 1. The zero-order chi connectivity index (χ0) is 11.6. The van der Waals surface area contributed by atoms with Crippen molar-refractivity contribution in [3.05, 3.63) is 0 Å². The average molecular weight is 213 g/mol. The molecule has 4 heteroatoms. The second-order valence-electron chi connectivity index (χ2n) is 5.36. The minimum absolute atomic E-state index is 0.141. The maximum Gasteiger partial charge on any atom is 0.320 e. The minimum Gasteiger partial charge on any atom is -0.330 e. The van der Waals surface area contributed by atoms with E-state index in [4.69, 9.17) is 5.73 Å². The molecule has 1 fully saturated rings. The summed E-state index contributed by atoms with van der Waals surface area (Å²) in [6.07, 6.45) is 0.885. The van der Waals surface area contributed by atoms with Gasteiger partial charge in [-0.1, -0.05) is 20.8 Å². The van der Waals surface area contributed by atoms with E-state index in [2.05, 4.69) is 20.8 Å². The van der Waals surface area contributed by atoms with Crippen LogP contribution in [0.4, 0.5) is 4.79 Å². The molecule has 0 spiro atoms. The predicted octanol–water partition coefficient (Wildman–Crippen LogP) is 1.12. The highest BCUT2D eigenvalue weighted by molar-refractivity contribution is 5.77. The summed E-state index contributed by atoms with van der Waals surface area (Å²) in [5.41, 5.74) is 5.60. The number of nitrogens with zero attached hydrogens (tertiary/aromatic N) is 2. The summed E-state index contributed by atoms with van der Waals surface area (Å²) in [7, 11) is 1.89. The van der Waals surface area contributed by atoms with Gasteiger partial charge in [-0.25, -0.2) is 4.79 Å². The normalized spacial score (nSPS) is 22.7. The third-order valence-electron chi connectivity index (χ3n) is 3.06. The van der Waals surface area contributed by atoms with Crippen LogP contribution in [-0.2, 0) is 0 Å². The van der Waals surface area contributed by atoms with Crippen molar-refractivity contribution in [1.29, 1.82) is 0 Å². The molecule has 1 aliphatic rings. The van der Waals surface area contributed by atoms with Crippen molar-refractivity contribution in [2.24, 2.45) is 11.1 Å². The van der Waals surface area contributed by atoms with E-state index in [0.29, 0.717) is 12.6 Å². The molecule has 2 N–H and O–H groups in total. The van der Waals surface area contributed by atoms with Crippen molar-refractivity contribution in [1.82, 2.24) is 9.80 Å². The molecule has 2 amide bonds. The lowest BCUT2D eigenvalue weighted by molar-refractivity contribution is 0.172. The van der Waals surface area contributed by atoms with Crippen LogP contribution < -0.4 is 5.73 Å². The summed E-state index contributed by atoms with van der Waals surface area (Å²) >= 11 is 0. The quantitative estimate of drug-likeness (QED) is 0.763. The molecule has 15 heavy (non-hydrogen) atoms. The van der Waals surface area contributed by atoms with Crippen LogP contribution in [0.15, 0.2) is 0 Å². The molecule has 0 radical (unpaired) electrons. The van der Waals surface area contributed by atoms with Crippen LogP contribution in [-0.4, -0.2) is 48.6 Å². The Kier molecular flexibility index (Phi) is 3.60. The molecule has 1 heterocycles. The number of carbonyl (C=O) groups excluding carboxylic acids is 1.